The van der Waals surface area contributed by atoms with Crippen LogP contribution in [0.2, 0.25) is 0 Å². The van der Waals surface area contributed by atoms with Crippen molar-refractivity contribution in [3.8, 4) is 44.5 Å². The fourth-order valence-corrected chi connectivity index (χ4v) is 4.87. The smallest absolute Gasteiger partial charge is 0.298 e. The fourth-order valence-electron chi connectivity index (χ4n) is 4.87. The van der Waals surface area contributed by atoms with Crippen molar-refractivity contribution in [3.05, 3.63) is 156 Å². The van der Waals surface area contributed by atoms with Gasteiger partial charge in [-0.25, -0.2) is 12.1 Å². The molecule has 210 valence electrons. The number of carbonyl (C=O) groups is 4. The van der Waals surface area contributed by atoms with Gasteiger partial charge in [0.25, 0.3) is 0 Å². The summed E-state index contributed by atoms with van der Waals surface area (Å²) in [4.78, 5) is 45.1. The van der Waals surface area contributed by atoms with Crippen LogP contribution in [-0.4, -0.2) is 25.1 Å². The number of carbonyl (C=O) groups excluding carboxylic acids is 4. The third-order valence-corrected chi connectivity index (χ3v) is 7.02. The summed E-state index contributed by atoms with van der Waals surface area (Å²) >= 11 is 0. The van der Waals surface area contributed by atoms with E-state index in [0.29, 0.717) is 22.3 Å². The fraction of sp³-hybridized carbons (Fsp3) is 0. The maximum Gasteiger partial charge on any atom is 2.00 e. The molecule has 0 radical (unpaired) electrons. The van der Waals surface area contributed by atoms with Crippen molar-refractivity contribution in [2.24, 2.45) is 0 Å². The predicted octanol–water partition coefficient (Wildman–Crippen LogP) is 8.73. The van der Waals surface area contributed by atoms with Gasteiger partial charge in [0.2, 0.25) is 0 Å². The van der Waals surface area contributed by atoms with Crippen molar-refractivity contribution in [1.29, 1.82) is 0 Å². The molecule has 5 heteroatoms. The maximum atomic E-state index is 11.3. The zero-order chi connectivity index (χ0) is 29.3. The van der Waals surface area contributed by atoms with Crippen LogP contribution in [0.15, 0.2) is 133 Å². The molecule has 0 amide bonds. The Hall–Kier alpha value is -5.22. The van der Waals surface area contributed by atoms with Gasteiger partial charge in [-0.05, 0) is 0 Å². The second-order valence-electron chi connectivity index (χ2n) is 9.64. The first-order valence-corrected chi connectivity index (χ1v) is 13.4. The Morgan fingerprint density at radius 1 is 0.488 bits per heavy atom. The minimum absolute atomic E-state index is 0. The van der Waals surface area contributed by atoms with Crippen LogP contribution in [-0.2, 0) is 17.1 Å². The monoisotopic (exact) mass is 602 g/mol. The Kier molecular flexibility index (Phi) is 10.4. The summed E-state index contributed by atoms with van der Waals surface area (Å²) < 4.78 is 0. The number of rotatable bonds is 8. The minimum atomic E-state index is 0. The molecule has 0 saturated carbocycles. The number of hydrogen-bond donors (Lipinski definition) is 0. The quantitative estimate of drug-likeness (QED) is 0.0993. The number of aldehydes is 4. The van der Waals surface area contributed by atoms with E-state index in [4.69, 9.17) is 0 Å². The van der Waals surface area contributed by atoms with Gasteiger partial charge in [0, 0.05) is 22.3 Å². The van der Waals surface area contributed by atoms with E-state index in [-0.39, 0.29) is 17.1 Å². The van der Waals surface area contributed by atoms with Crippen molar-refractivity contribution in [3.63, 3.8) is 0 Å². The first-order chi connectivity index (χ1) is 20.6. The third-order valence-electron chi connectivity index (χ3n) is 7.02. The molecule has 43 heavy (non-hydrogen) atoms. The topological polar surface area (TPSA) is 68.3 Å². The van der Waals surface area contributed by atoms with Gasteiger partial charge in [-0.15, -0.1) is 23.8 Å². The van der Waals surface area contributed by atoms with E-state index in [0.717, 1.165) is 69.7 Å². The zero-order valence-corrected chi connectivity index (χ0v) is 24.1. The Labute approximate surface area is 260 Å². The Balaban J connectivity index is 0.000000641. The molecule has 0 bridgehead atoms. The molecule has 0 aliphatic heterocycles. The van der Waals surface area contributed by atoms with Gasteiger partial charge in [0.1, 0.15) is 25.1 Å². The van der Waals surface area contributed by atoms with Gasteiger partial charge in [0.05, 0.1) is 0 Å². The van der Waals surface area contributed by atoms with E-state index < -0.39 is 0 Å². The molecule has 0 saturated heterocycles. The van der Waals surface area contributed by atoms with Gasteiger partial charge in [-0.2, -0.15) is 18.2 Å². The van der Waals surface area contributed by atoms with Crippen LogP contribution in [0.5, 0.6) is 0 Å². The van der Waals surface area contributed by atoms with Crippen molar-refractivity contribution in [2.75, 3.05) is 0 Å². The third kappa shape index (κ3) is 6.99. The molecule has 0 aliphatic rings. The van der Waals surface area contributed by atoms with E-state index in [1.54, 1.807) is 48.5 Å². The van der Waals surface area contributed by atoms with E-state index >= 15 is 0 Å². The second-order valence-corrected chi connectivity index (χ2v) is 9.64. The molecule has 0 aromatic heterocycles. The summed E-state index contributed by atoms with van der Waals surface area (Å²) in [7, 11) is 0. The average molecular weight is 602 g/mol. The van der Waals surface area contributed by atoms with Crippen molar-refractivity contribution in [2.45, 2.75) is 0 Å². The molecule has 0 aliphatic carbocycles. The number of hydrogen-bond acceptors (Lipinski definition) is 4. The van der Waals surface area contributed by atoms with Gasteiger partial charge in [-0.3, -0.25) is 19.2 Å². The molecular formula is C38H26FeO4. The van der Waals surface area contributed by atoms with Crippen molar-refractivity contribution < 1.29 is 36.2 Å². The predicted molar refractivity (Wildman–Crippen MR) is 167 cm³/mol. The van der Waals surface area contributed by atoms with Crippen LogP contribution in [0.3, 0.4) is 0 Å². The first kappa shape index (κ1) is 30.7. The molecule has 0 spiro atoms. The molecule has 0 heterocycles. The summed E-state index contributed by atoms with van der Waals surface area (Å²) in [5.74, 6) is 0. The molecule has 0 unspecified atom stereocenters. The van der Waals surface area contributed by atoms with Crippen molar-refractivity contribution >= 4 is 25.1 Å². The van der Waals surface area contributed by atoms with Crippen LogP contribution in [0, 0.1) is 0 Å². The maximum absolute atomic E-state index is 11.3. The van der Waals surface area contributed by atoms with E-state index in [1.165, 1.54) is 0 Å². The summed E-state index contributed by atoms with van der Waals surface area (Å²) in [6, 6.07) is 41.7. The van der Waals surface area contributed by atoms with Gasteiger partial charge in [-0.1, -0.05) is 124 Å². The molecule has 4 nitrogen and oxygen atoms in total. The van der Waals surface area contributed by atoms with E-state index in [2.05, 4.69) is 6.07 Å². The van der Waals surface area contributed by atoms with Gasteiger partial charge in [0.15, 0.2) is 0 Å². The second kappa shape index (κ2) is 14.6. The molecule has 6 aromatic rings. The summed E-state index contributed by atoms with van der Waals surface area (Å²) in [6.45, 7) is 0. The summed E-state index contributed by atoms with van der Waals surface area (Å²) in [5.41, 5.74) is 9.87. The molecule has 0 fully saturated rings. The SMILES string of the molecule is O=Cc1ccc(-c2c[c-](-c3ccc(C=O)cc3)c(-c3ccc(C=O)cc3)c2-c2ccc(C=O)cc2)cc1.[Fe+2].c1cc[cH-]c1. The van der Waals surface area contributed by atoms with E-state index in [1.807, 2.05) is 78.9 Å². The molecule has 6 rings (SSSR count). The van der Waals surface area contributed by atoms with Gasteiger partial charge < -0.3 is 0 Å². The average Bonchev–Trinajstić information content (AvgIpc) is 3.78. The number of benzene rings is 4. The molecule has 6 aromatic carbocycles. The summed E-state index contributed by atoms with van der Waals surface area (Å²) in [6.07, 6.45) is 3.25. The molecular weight excluding hydrogens is 576 g/mol. The summed E-state index contributed by atoms with van der Waals surface area (Å²) in [5, 5.41) is 0. The standard InChI is InChI=1S/C33H21O4.C5H5.Fe/c34-18-22-1-9-26(10-2-22)30-17-31(27-11-3-23(19-35)4-12-27)33(29-15-7-25(21-37)8-16-29)32(30)28-13-5-24(20-36)6-14-28;1-2-4-5-3-1;/h1-21H;1-5H;/q2*-1;+2. The largest absolute Gasteiger partial charge is 2.00 e. The van der Waals surface area contributed by atoms with Crippen LogP contribution >= 0.6 is 0 Å². The van der Waals surface area contributed by atoms with Crippen LogP contribution in [0.25, 0.3) is 44.5 Å². The molecule has 0 N–H and O–H groups in total. The Morgan fingerprint density at radius 2 is 0.884 bits per heavy atom. The van der Waals surface area contributed by atoms with E-state index in [9.17, 15) is 19.2 Å². The normalized spacial score (nSPS) is 10.0. The van der Waals surface area contributed by atoms with Gasteiger partial charge >= 0.3 is 17.1 Å². The Morgan fingerprint density at radius 3 is 1.28 bits per heavy atom. The minimum Gasteiger partial charge on any atom is -0.298 e. The van der Waals surface area contributed by atoms with Crippen LogP contribution in [0.1, 0.15) is 41.4 Å². The zero-order valence-electron chi connectivity index (χ0n) is 23.0. The molecule has 0 atom stereocenters. The van der Waals surface area contributed by atoms with Crippen LogP contribution in [0.4, 0.5) is 0 Å². The Bertz CT molecular complexity index is 1650. The van der Waals surface area contributed by atoms with Crippen LogP contribution < -0.4 is 0 Å². The first-order valence-electron chi connectivity index (χ1n) is 13.4. The van der Waals surface area contributed by atoms with Crippen molar-refractivity contribution in [1.82, 2.24) is 0 Å².